The van der Waals surface area contributed by atoms with Crippen molar-refractivity contribution in [1.29, 1.82) is 0 Å². The number of carbonyl (C=O) groups excluding carboxylic acids is 2. The lowest BCUT2D eigenvalue weighted by atomic mass is 9.93. The van der Waals surface area contributed by atoms with Crippen LogP contribution < -0.4 is 10.9 Å². The highest BCUT2D eigenvalue weighted by atomic mass is 16.2. The highest BCUT2D eigenvalue weighted by Crippen LogP contribution is 2.28. The number of benzene rings is 1. The SMILES string of the molecule is CN1C(=O)C2(Cc3ccccc3)NNCC1C(=O)N2C. The molecule has 6 nitrogen and oxygen atoms in total. The second-order valence-corrected chi connectivity index (χ2v) is 5.36. The monoisotopic (exact) mass is 274 g/mol. The summed E-state index contributed by atoms with van der Waals surface area (Å²) in [6.07, 6.45) is 0.430. The molecule has 1 aromatic rings. The molecule has 20 heavy (non-hydrogen) atoms. The number of hydrazine groups is 1. The van der Waals surface area contributed by atoms with Crippen molar-refractivity contribution in [3.63, 3.8) is 0 Å². The first-order valence-corrected chi connectivity index (χ1v) is 6.65. The van der Waals surface area contributed by atoms with E-state index in [1.165, 1.54) is 9.80 Å². The van der Waals surface area contributed by atoms with Gasteiger partial charge in [0.25, 0.3) is 5.91 Å². The molecule has 4 rings (SSSR count). The Balaban J connectivity index is 2.03. The number of amides is 2. The molecule has 0 aromatic heterocycles. The minimum atomic E-state index is -1.06. The number of hydrogen-bond acceptors (Lipinski definition) is 4. The van der Waals surface area contributed by atoms with Crippen LogP contribution >= 0.6 is 0 Å². The van der Waals surface area contributed by atoms with Gasteiger partial charge in [-0.3, -0.25) is 15.0 Å². The van der Waals surface area contributed by atoms with Crippen LogP contribution in [0.1, 0.15) is 5.56 Å². The molecule has 2 amide bonds. The highest BCUT2D eigenvalue weighted by molar-refractivity contribution is 6.00. The van der Waals surface area contributed by atoms with Crippen molar-refractivity contribution in [2.24, 2.45) is 0 Å². The molecule has 3 aliphatic heterocycles. The zero-order valence-corrected chi connectivity index (χ0v) is 11.6. The second kappa shape index (κ2) is 4.57. The fraction of sp³-hybridized carbons (Fsp3) is 0.429. The topological polar surface area (TPSA) is 64.7 Å². The summed E-state index contributed by atoms with van der Waals surface area (Å²) in [6.45, 7) is 0.419. The molecule has 2 unspecified atom stereocenters. The first-order valence-electron chi connectivity index (χ1n) is 6.65. The molecule has 3 saturated heterocycles. The lowest BCUT2D eigenvalue weighted by Gasteiger charge is -2.46. The van der Waals surface area contributed by atoms with Gasteiger partial charge in [-0.25, -0.2) is 5.43 Å². The standard InChI is InChI=1S/C14H18N4O2/c1-17-11-9-15-16-14(13(17)20,18(2)12(11)19)8-10-6-4-3-5-7-10/h3-7,11,15-16H,8-9H2,1-2H3. The Kier molecular flexibility index (Phi) is 2.99. The molecule has 2 N–H and O–H groups in total. The average molecular weight is 274 g/mol. The molecule has 2 atom stereocenters. The molecule has 1 aromatic carbocycles. The largest absolute Gasteiger partial charge is 0.329 e. The van der Waals surface area contributed by atoms with E-state index < -0.39 is 11.7 Å². The predicted molar refractivity (Wildman–Crippen MR) is 73.3 cm³/mol. The maximum absolute atomic E-state index is 12.7. The molecule has 2 bridgehead atoms. The van der Waals surface area contributed by atoms with Gasteiger partial charge in [0.2, 0.25) is 5.91 Å². The van der Waals surface area contributed by atoms with E-state index in [-0.39, 0.29) is 11.8 Å². The minimum absolute atomic E-state index is 0.0412. The van der Waals surface area contributed by atoms with Crippen LogP contribution in [0.25, 0.3) is 0 Å². The average Bonchev–Trinajstić information content (AvgIpc) is 2.66. The van der Waals surface area contributed by atoms with Gasteiger partial charge in [-0.05, 0) is 5.56 Å². The minimum Gasteiger partial charge on any atom is -0.329 e. The third-order valence-electron chi connectivity index (χ3n) is 4.22. The Bertz CT molecular complexity index is 547. The Morgan fingerprint density at radius 2 is 1.95 bits per heavy atom. The lowest BCUT2D eigenvalue weighted by molar-refractivity contribution is -0.166. The van der Waals surface area contributed by atoms with Gasteiger partial charge < -0.3 is 9.80 Å². The molecule has 3 aliphatic rings. The number of nitrogens with one attached hydrogen (secondary N) is 2. The molecule has 0 aliphatic carbocycles. The third kappa shape index (κ3) is 1.72. The number of likely N-dealkylation sites (N-methyl/N-ethyl adjacent to an activating group) is 2. The molecule has 0 radical (unpaired) electrons. The fourth-order valence-electron chi connectivity index (χ4n) is 2.94. The number of carbonyl (C=O) groups is 2. The Labute approximate surface area is 117 Å². The third-order valence-corrected chi connectivity index (χ3v) is 4.22. The molecule has 3 heterocycles. The maximum Gasteiger partial charge on any atom is 0.265 e. The van der Waals surface area contributed by atoms with Crippen molar-refractivity contribution in [3.8, 4) is 0 Å². The van der Waals surface area contributed by atoms with Crippen molar-refractivity contribution in [1.82, 2.24) is 20.7 Å². The van der Waals surface area contributed by atoms with Crippen molar-refractivity contribution >= 4 is 11.8 Å². The zero-order valence-electron chi connectivity index (χ0n) is 11.6. The van der Waals surface area contributed by atoms with Crippen LogP contribution in [-0.2, 0) is 16.0 Å². The van der Waals surface area contributed by atoms with Crippen molar-refractivity contribution in [2.45, 2.75) is 18.1 Å². The fourth-order valence-corrected chi connectivity index (χ4v) is 2.94. The lowest BCUT2D eigenvalue weighted by Crippen LogP contribution is -2.74. The molecule has 3 fully saturated rings. The van der Waals surface area contributed by atoms with E-state index in [1.807, 2.05) is 30.3 Å². The second-order valence-electron chi connectivity index (χ2n) is 5.36. The molecule has 6 heteroatoms. The van der Waals surface area contributed by atoms with Crippen LogP contribution in [0.3, 0.4) is 0 Å². The van der Waals surface area contributed by atoms with Gasteiger partial charge in [0.05, 0.1) is 0 Å². The van der Waals surface area contributed by atoms with Crippen LogP contribution in [-0.4, -0.2) is 54.0 Å². The van der Waals surface area contributed by atoms with E-state index in [2.05, 4.69) is 10.9 Å². The Hall–Kier alpha value is -1.92. The Morgan fingerprint density at radius 3 is 2.65 bits per heavy atom. The van der Waals surface area contributed by atoms with Crippen molar-refractivity contribution in [3.05, 3.63) is 35.9 Å². The highest BCUT2D eigenvalue weighted by Gasteiger charge is 2.55. The summed E-state index contributed by atoms with van der Waals surface area (Å²) in [5, 5.41) is 0. The summed E-state index contributed by atoms with van der Waals surface area (Å²) >= 11 is 0. The molecule has 0 spiro atoms. The normalized spacial score (nSPS) is 29.8. The number of fused-ring (bicyclic) bond motifs is 4. The molecular weight excluding hydrogens is 256 g/mol. The smallest absolute Gasteiger partial charge is 0.265 e. The van der Waals surface area contributed by atoms with Crippen LogP contribution in [0.5, 0.6) is 0 Å². The molecule has 0 saturated carbocycles. The van der Waals surface area contributed by atoms with Crippen LogP contribution in [0, 0.1) is 0 Å². The van der Waals surface area contributed by atoms with E-state index in [1.54, 1.807) is 14.1 Å². The zero-order chi connectivity index (χ0) is 14.3. The van der Waals surface area contributed by atoms with Crippen molar-refractivity contribution in [2.75, 3.05) is 20.6 Å². The van der Waals surface area contributed by atoms with E-state index in [9.17, 15) is 9.59 Å². The number of nitrogens with zero attached hydrogens (tertiary/aromatic N) is 2. The van der Waals surface area contributed by atoms with Gasteiger partial charge in [-0.1, -0.05) is 30.3 Å². The van der Waals surface area contributed by atoms with Gasteiger partial charge in [0.1, 0.15) is 6.04 Å². The van der Waals surface area contributed by atoms with Gasteiger partial charge in [0, 0.05) is 27.1 Å². The summed E-state index contributed by atoms with van der Waals surface area (Å²) in [5.41, 5.74) is 6.02. The number of piperazine rings is 1. The maximum atomic E-state index is 12.7. The quantitative estimate of drug-likeness (QED) is 0.751. The summed E-state index contributed by atoms with van der Waals surface area (Å²) in [7, 11) is 3.37. The van der Waals surface area contributed by atoms with E-state index in [0.29, 0.717) is 13.0 Å². The number of hydrogen-bond donors (Lipinski definition) is 2. The van der Waals surface area contributed by atoms with E-state index in [0.717, 1.165) is 5.56 Å². The van der Waals surface area contributed by atoms with Gasteiger partial charge in [-0.2, -0.15) is 0 Å². The van der Waals surface area contributed by atoms with Crippen LogP contribution in [0.4, 0.5) is 0 Å². The van der Waals surface area contributed by atoms with Gasteiger partial charge >= 0.3 is 0 Å². The van der Waals surface area contributed by atoms with Gasteiger partial charge in [0.15, 0.2) is 5.66 Å². The van der Waals surface area contributed by atoms with Crippen LogP contribution in [0.15, 0.2) is 30.3 Å². The van der Waals surface area contributed by atoms with E-state index in [4.69, 9.17) is 0 Å². The summed E-state index contributed by atoms with van der Waals surface area (Å²) in [5.74, 6) is -0.126. The molecular formula is C14H18N4O2. The predicted octanol–water partition coefficient (Wildman–Crippen LogP) is -0.668. The van der Waals surface area contributed by atoms with Gasteiger partial charge in [-0.15, -0.1) is 0 Å². The number of rotatable bonds is 2. The summed E-state index contributed by atoms with van der Waals surface area (Å²) < 4.78 is 0. The summed E-state index contributed by atoms with van der Waals surface area (Å²) in [4.78, 5) is 28.2. The molecule has 106 valence electrons. The van der Waals surface area contributed by atoms with E-state index >= 15 is 0 Å². The first kappa shape index (κ1) is 13.1. The first-order chi connectivity index (χ1) is 9.56. The summed E-state index contributed by atoms with van der Waals surface area (Å²) in [6, 6.07) is 9.26. The Morgan fingerprint density at radius 1 is 1.25 bits per heavy atom. The van der Waals surface area contributed by atoms with Crippen LogP contribution in [0.2, 0.25) is 0 Å². The van der Waals surface area contributed by atoms with Crippen molar-refractivity contribution < 1.29 is 9.59 Å².